The molecule has 2 heterocycles. The van der Waals surface area contributed by atoms with Crippen LogP contribution >= 0.6 is 0 Å². The fourth-order valence-electron chi connectivity index (χ4n) is 3.96. The molecule has 3 rings (SSSR count). The molecule has 2 fully saturated rings. The van der Waals surface area contributed by atoms with Gasteiger partial charge in [0.05, 0.1) is 12.7 Å². The first-order valence-electron chi connectivity index (χ1n) is 11.0. The Morgan fingerprint density at radius 1 is 1.07 bits per heavy atom. The number of morpholine rings is 1. The van der Waals surface area contributed by atoms with Crippen LogP contribution in [0.5, 0.6) is 0 Å². The summed E-state index contributed by atoms with van der Waals surface area (Å²) in [4.78, 5) is 18.9. The molecule has 0 saturated carbocycles. The van der Waals surface area contributed by atoms with E-state index in [4.69, 9.17) is 9.47 Å². The van der Waals surface area contributed by atoms with Gasteiger partial charge in [-0.05, 0) is 45.7 Å². The average molecular weight is 404 g/mol. The molecule has 0 aromatic heterocycles. The summed E-state index contributed by atoms with van der Waals surface area (Å²) in [6.07, 6.45) is 2.37. The van der Waals surface area contributed by atoms with E-state index in [0.29, 0.717) is 6.10 Å². The number of hydrogen-bond donors (Lipinski definition) is 0. The van der Waals surface area contributed by atoms with Gasteiger partial charge in [-0.1, -0.05) is 30.3 Å². The molecule has 2 saturated heterocycles. The first kappa shape index (κ1) is 22.1. The van der Waals surface area contributed by atoms with Gasteiger partial charge in [-0.2, -0.15) is 0 Å². The molecule has 0 spiro atoms. The third kappa shape index (κ3) is 7.61. The van der Waals surface area contributed by atoms with Crippen LogP contribution in [0.4, 0.5) is 4.79 Å². The summed E-state index contributed by atoms with van der Waals surface area (Å²) in [7, 11) is 0. The van der Waals surface area contributed by atoms with Crippen LogP contribution in [0.2, 0.25) is 0 Å². The molecule has 2 aliphatic rings. The van der Waals surface area contributed by atoms with Crippen LogP contribution in [0.1, 0.15) is 39.2 Å². The average Bonchev–Trinajstić information content (AvgIpc) is 2.68. The van der Waals surface area contributed by atoms with E-state index in [9.17, 15) is 4.79 Å². The molecule has 1 aromatic carbocycles. The number of benzene rings is 1. The van der Waals surface area contributed by atoms with E-state index >= 15 is 0 Å². The molecule has 0 N–H and O–H groups in total. The standard InChI is InChI=1S/C23H37N3O3/c1-23(2,3)29-22(27)26-14-12-24(13-15-26)11-7-10-21-19-25(16-17-28-21)18-20-8-5-4-6-9-20/h4-6,8-9,21H,7,10-19H2,1-3H3. The summed E-state index contributed by atoms with van der Waals surface area (Å²) in [6, 6.07) is 10.7. The van der Waals surface area contributed by atoms with E-state index < -0.39 is 5.60 Å². The van der Waals surface area contributed by atoms with Crippen molar-refractivity contribution in [3.63, 3.8) is 0 Å². The summed E-state index contributed by atoms with van der Waals surface area (Å²) in [5.41, 5.74) is 0.943. The van der Waals surface area contributed by atoms with Crippen molar-refractivity contribution < 1.29 is 14.3 Å². The summed E-state index contributed by atoms with van der Waals surface area (Å²) < 4.78 is 11.5. The lowest BCUT2D eigenvalue weighted by molar-refractivity contribution is -0.0368. The lowest BCUT2D eigenvalue weighted by Crippen LogP contribution is -2.50. The van der Waals surface area contributed by atoms with Gasteiger partial charge in [0.1, 0.15) is 5.60 Å². The Hall–Kier alpha value is -1.63. The number of rotatable bonds is 6. The summed E-state index contributed by atoms with van der Waals surface area (Å²) >= 11 is 0. The molecule has 1 aromatic rings. The number of hydrogen-bond acceptors (Lipinski definition) is 5. The largest absolute Gasteiger partial charge is 0.444 e. The molecule has 1 amide bonds. The zero-order valence-electron chi connectivity index (χ0n) is 18.3. The van der Waals surface area contributed by atoms with E-state index in [0.717, 1.165) is 71.8 Å². The smallest absolute Gasteiger partial charge is 0.410 e. The van der Waals surface area contributed by atoms with Crippen LogP contribution in [0.15, 0.2) is 30.3 Å². The molecule has 1 unspecified atom stereocenters. The van der Waals surface area contributed by atoms with Crippen LogP contribution in [0.25, 0.3) is 0 Å². The lowest BCUT2D eigenvalue weighted by Gasteiger charge is -2.36. The molecule has 0 bridgehead atoms. The predicted octanol–water partition coefficient (Wildman–Crippen LogP) is 3.22. The van der Waals surface area contributed by atoms with Crippen molar-refractivity contribution >= 4 is 6.09 Å². The summed E-state index contributed by atoms with van der Waals surface area (Å²) in [6.45, 7) is 14.0. The molecule has 29 heavy (non-hydrogen) atoms. The van der Waals surface area contributed by atoms with Crippen molar-refractivity contribution in [2.24, 2.45) is 0 Å². The minimum atomic E-state index is -0.428. The molecule has 162 valence electrons. The zero-order chi connectivity index (χ0) is 20.7. The maximum atomic E-state index is 12.2. The second-order valence-electron chi connectivity index (χ2n) is 9.16. The molecule has 2 aliphatic heterocycles. The highest BCUT2D eigenvalue weighted by Gasteiger charge is 2.26. The Morgan fingerprint density at radius 2 is 1.79 bits per heavy atom. The minimum absolute atomic E-state index is 0.189. The Morgan fingerprint density at radius 3 is 2.48 bits per heavy atom. The minimum Gasteiger partial charge on any atom is -0.444 e. The molecular formula is C23H37N3O3. The summed E-state index contributed by atoms with van der Waals surface area (Å²) in [5.74, 6) is 0. The van der Waals surface area contributed by atoms with Gasteiger partial charge < -0.3 is 14.4 Å². The molecule has 1 atom stereocenters. The molecule has 0 radical (unpaired) electrons. The van der Waals surface area contributed by atoms with Crippen molar-refractivity contribution in [1.29, 1.82) is 0 Å². The third-order valence-electron chi connectivity index (χ3n) is 5.50. The second kappa shape index (κ2) is 10.4. The van der Waals surface area contributed by atoms with Crippen molar-refractivity contribution in [3.05, 3.63) is 35.9 Å². The number of carbonyl (C=O) groups excluding carboxylic acids is 1. The Labute approximate surface area is 175 Å². The van der Waals surface area contributed by atoms with E-state index in [1.54, 1.807) is 0 Å². The van der Waals surface area contributed by atoms with E-state index in [1.165, 1.54) is 5.56 Å². The Kier molecular flexibility index (Phi) is 7.92. The van der Waals surface area contributed by atoms with Gasteiger partial charge in [-0.15, -0.1) is 0 Å². The van der Waals surface area contributed by atoms with Crippen molar-refractivity contribution in [1.82, 2.24) is 14.7 Å². The van der Waals surface area contributed by atoms with Gasteiger partial charge in [0.2, 0.25) is 0 Å². The van der Waals surface area contributed by atoms with Crippen LogP contribution in [-0.4, -0.2) is 84.9 Å². The van der Waals surface area contributed by atoms with Crippen LogP contribution in [0, 0.1) is 0 Å². The fraction of sp³-hybridized carbons (Fsp3) is 0.696. The highest BCUT2D eigenvalue weighted by Crippen LogP contribution is 2.15. The third-order valence-corrected chi connectivity index (χ3v) is 5.50. The van der Waals surface area contributed by atoms with Crippen molar-refractivity contribution in [2.45, 2.75) is 51.9 Å². The van der Waals surface area contributed by atoms with Gasteiger partial charge in [0, 0.05) is 45.8 Å². The topological polar surface area (TPSA) is 45.2 Å². The first-order valence-corrected chi connectivity index (χ1v) is 11.0. The number of amides is 1. The van der Waals surface area contributed by atoms with E-state index in [1.807, 2.05) is 25.7 Å². The highest BCUT2D eigenvalue weighted by atomic mass is 16.6. The van der Waals surface area contributed by atoms with Gasteiger partial charge in [-0.3, -0.25) is 9.80 Å². The Bertz CT molecular complexity index is 624. The molecule has 0 aliphatic carbocycles. The van der Waals surface area contributed by atoms with Crippen LogP contribution in [-0.2, 0) is 16.0 Å². The normalized spacial score (nSPS) is 21.9. The van der Waals surface area contributed by atoms with E-state index in [-0.39, 0.29) is 6.09 Å². The predicted molar refractivity (Wildman–Crippen MR) is 115 cm³/mol. The molecule has 6 heteroatoms. The van der Waals surface area contributed by atoms with Gasteiger partial charge in [0.25, 0.3) is 0 Å². The lowest BCUT2D eigenvalue weighted by atomic mass is 10.1. The number of piperazine rings is 1. The quantitative estimate of drug-likeness (QED) is 0.730. The maximum absolute atomic E-state index is 12.2. The Balaban J connectivity index is 1.32. The molecule has 6 nitrogen and oxygen atoms in total. The van der Waals surface area contributed by atoms with Crippen molar-refractivity contribution in [2.75, 3.05) is 52.4 Å². The first-order chi connectivity index (χ1) is 13.9. The number of ether oxygens (including phenoxy) is 2. The highest BCUT2D eigenvalue weighted by molar-refractivity contribution is 5.68. The molecular weight excluding hydrogens is 366 g/mol. The van der Waals surface area contributed by atoms with Gasteiger partial charge >= 0.3 is 6.09 Å². The van der Waals surface area contributed by atoms with E-state index in [2.05, 4.69) is 40.1 Å². The van der Waals surface area contributed by atoms with Crippen LogP contribution < -0.4 is 0 Å². The zero-order valence-corrected chi connectivity index (χ0v) is 18.3. The summed E-state index contributed by atoms with van der Waals surface area (Å²) in [5, 5.41) is 0. The second-order valence-corrected chi connectivity index (χ2v) is 9.16. The van der Waals surface area contributed by atoms with Crippen molar-refractivity contribution in [3.8, 4) is 0 Å². The van der Waals surface area contributed by atoms with Gasteiger partial charge in [-0.25, -0.2) is 4.79 Å². The monoisotopic (exact) mass is 403 g/mol. The van der Waals surface area contributed by atoms with Crippen LogP contribution in [0.3, 0.4) is 0 Å². The number of carbonyl (C=O) groups is 1. The SMILES string of the molecule is CC(C)(C)OC(=O)N1CCN(CCCC2CN(Cc3ccccc3)CCO2)CC1. The fourth-order valence-corrected chi connectivity index (χ4v) is 3.96. The maximum Gasteiger partial charge on any atom is 0.410 e. The van der Waals surface area contributed by atoms with Gasteiger partial charge in [0.15, 0.2) is 0 Å². The number of nitrogens with zero attached hydrogens (tertiary/aromatic N) is 3.